The van der Waals surface area contributed by atoms with Crippen LogP contribution in [0.15, 0.2) is 53.4 Å². The zero-order chi connectivity index (χ0) is 23.7. The first-order chi connectivity index (χ1) is 15.1. The highest BCUT2D eigenvalue weighted by Gasteiger charge is 2.24. The van der Waals surface area contributed by atoms with Crippen LogP contribution in [0.2, 0.25) is 0 Å². The molecule has 0 heterocycles. The van der Waals surface area contributed by atoms with Crippen LogP contribution < -0.4 is 15.8 Å². The number of benzene rings is 2. The molecule has 0 fully saturated rings. The van der Waals surface area contributed by atoms with Crippen molar-refractivity contribution in [2.45, 2.75) is 24.3 Å². The molecule has 9 nitrogen and oxygen atoms in total. The molecule has 0 spiro atoms. The Kier molecular flexibility index (Phi) is 9.24. The van der Waals surface area contributed by atoms with Gasteiger partial charge in [0.05, 0.1) is 4.90 Å². The van der Waals surface area contributed by atoms with Crippen LogP contribution >= 0.6 is 11.8 Å². The molecule has 2 aromatic carbocycles. The van der Waals surface area contributed by atoms with Crippen LogP contribution in [0.4, 0.5) is 5.69 Å². The Morgan fingerprint density at radius 2 is 1.75 bits per heavy atom. The molecule has 2 amide bonds. The third-order valence-electron chi connectivity index (χ3n) is 4.40. The second kappa shape index (κ2) is 11.7. The number of sulfonamides is 1. The third kappa shape index (κ3) is 7.66. The van der Waals surface area contributed by atoms with Gasteiger partial charge in [-0.3, -0.25) is 9.59 Å². The number of amides is 2. The molecule has 0 aliphatic rings. The van der Waals surface area contributed by atoms with E-state index < -0.39 is 40.5 Å². The summed E-state index contributed by atoms with van der Waals surface area (Å²) in [6.07, 6.45) is 2.22. The van der Waals surface area contributed by atoms with Gasteiger partial charge < -0.3 is 15.4 Å². The lowest BCUT2D eigenvalue weighted by Gasteiger charge is -2.18. The minimum absolute atomic E-state index is 0.0945. The number of ether oxygens (including phenoxy) is 1. The van der Waals surface area contributed by atoms with Crippen LogP contribution in [0.3, 0.4) is 0 Å². The predicted molar refractivity (Wildman–Crippen MR) is 123 cm³/mol. The Morgan fingerprint density at radius 3 is 2.34 bits per heavy atom. The molecule has 172 valence electrons. The van der Waals surface area contributed by atoms with Crippen molar-refractivity contribution >= 4 is 45.3 Å². The van der Waals surface area contributed by atoms with Gasteiger partial charge in [0, 0.05) is 11.3 Å². The summed E-state index contributed by atoms with van der Waals surface area (Å²) in [6, 6.07) is 11.3. The van der Waals surface area contributed by atoms with Crippen molar-refractivity contribution in [3.63, 3.8) is 0 Å². The summed E-state index contributed by atoms with van der Waals surface area (Å²) in [5, 5.41) is 10.2. The lowest BCUT2D eigenvalue weighted by Crippen LogP contribution is -2.43. The summed E-state index contributed by atoms with van der Waals surface area (Å²) in [5.41, 5.74) is 1.54. The fraction of sp³-hybridized carbons (Fsp3) is 0.286. The SMILES string of the molecule is CSCC[C@H](NC(=O)c1ccccc1C)C(=O)OCC(=O)Nc1ccc(S(N)(=O)=O)cc1. The minimum Gasteiger partial charge on any atom is -0.454 e. The molecule has 0 saturated heterocycles. The number of nitrogens with two attached hydrogens (primary N) is 1. The number of anilines is 1. The number of carbonyl (C=O) groups excluding carboxylic acids is 3. The molecule has 1 atom stereocenters. The number of hydrogen-bond acceptors (Lipinski definition) is 7. The number of nitrogens with one attached hydrogen (secondary N) is 2. The highest BCUT2D eigenvalue weighted by Crippen LogP contribution is 2.13. The molecular formula is C21H25N3O6S2. The maximum absolute atomic E-state index is 12.6. The minimum atomic E-state index is -3.84. The quantitative estimate of drug-likeness (QED) is 0.440. The van der Waals surface area contributed by atoms with E-state index in [9.17, 15) is 22.8 Å². The number of esters is 1. The van der Waals surface area contributed by atoms with Gasteiger partial charge in [0.2, 0.25) is 10.0 Å². The topological polar surface area (TPSA) is 145 Å². The molecule has 0 radical (unpaired) electrons. The van der Waals surface area contributed by atoms with Crippen LogP contribution in [0, 0.1) is 6.92 Å². The summed E-state index contributed by atoms with van der Waals surface area (Å²) in [5.74, 6) is -1.13. The molecule has 0 aromatic heterocycles. The van der Waals surface area contributed by atoms with Gasteiger partial charge in [-0.2, -0.15) is 11.8 Å². The van der Waals surface area contributed by atoms with Gasteiger partial charge in [0.25, 0.3) is 11.8 Å². The van der Waals surface area contributed by atoms with E-state index in [-0.39, 0.29) is 4.90 Å². The van der Waals surface area contributed by atoms with Gasteiger partial charge in [-0.05, 0) is 61.2 Å². The monoisotopic (exact) mass is 479 g/mol. The summed E-state index contributed by atoms with van der Waals surface area (Å²) in [6.45, 7) is 1.23. The number of carbonyl (C=O) groups is 3. The number of primary sulfonamides is 1. The first-order valence-electron chi connectivity index (χ1n) is 9.56. The van der Waals surface area contributed by atoms with Crippen LogP contribution in [0.25, 0.3) is 0 Å². The van der Waals surface area contributed by atoms with Gasteiger partial charge in [-0.15, -0.1) is 0 Å². The van der Waals surface area contributed by atoms with Crippen LogP contribution in [0.5, 0.6) is 0 Å². The fourth-order valence-electron chi connectivity index (χ4n) is 2.71. The standard InChI is InChI=1S/C21H25N3O6S2/c1-14-5-3-4-6-17(14)20(26)24-18(11-12-31-2)21(27)30-13-19(25)23-15-7-9-16(10-8-15)32(22,28)29/h3-10,18H,11-13H2,1-2H3,(H,23,25)(H,24,26)(H2,22,28,29)/t18-/m0/s1. The molecule has 2 rings (SSSR count). The second-order valence-electron chi connectivity index (χ2n) is 6.85. The summed E-state index contributed by atoms with van der Waals surface area (Å²) in [4.78, 5) is 37.1. The first kappa shape index (κ1) is 25.4. The second-order valence-corrected chi connectivity index (χ2v) is 9.39. The van der Waals surface area contributed by atoms with E-state index in [4.69, 9.17) is 9.88 Å². The lowest BCUT2D eigenvalue weighted by atomic mass is 10.1. The van der Waals surface area contributed by atoms with E-state index in [0.717, 1.165) is 5.56 Å². The molecule has 4 N–H and O–H groups in total. The van der Waals surface area contributed by atoms with Gasteiger partial charge in [-0.25, -0.2) is 18.4 Å². The van der Waals surface area contributed by atoms with Crippen LogP contribution in [0.1, 0.15) is 22.3 Å². The van der Waals surface area contributed by atoms with Crippen molar-refractivity contribution in [2.24, 2.45) is 5.14 Å². The van der Waals surface area contributed by atoms with E-state index in [1.165, 1.54) is 36.0 Å². The smallest absolute Gasteiger partial charge is 0.329 e. The third-order valence-corrected chi connectivity index (χ3v) is 5.98. The van der Waals surface area contributed by atoms with Crippen LogP contribution in [-0.4, -0.2) is 50.9 Å². The van der Waals surface area contributed by atoms with E-state index >= 15 is 0 Å². The Hall–Kier alpha value is -2.89. The van der Waals surface area contributed by atoms with Gasteiger partial charge in [0.15, 0.2) is 6.61 Å². The largest absolute Gasteiger partial charge is 0.454 e. The Balaban J connectivity index is 1.95. The van der Waals surface area contributed by atoms with E-state index in [1.807, 2.05) is 12.3 Å². The van der Waals surface area contributed by atoms with Crippen molar-refractivity contribution in [1.29, 1.82) is 0 Å². The normalized spacial score (nSPS) is 12.0. The van der Waals surface area contributed by atoms with Crippen molar-refractivity contribution in [3.05, 3.63) is 59.7 Å². The van der Waals surface area contributed by atoms with Gasteiger partial charge in [0.1, 0.15) is 6.04 Å². The highest BCUT2D eigenvalue weighted by atomic mass is 32.2. The van der Waals surface area contributed by atoms with E-state index in [2.05, 4.69) is 10.6 Å². The fourth-order valence-corrected chi connectivity index (χ4v) is 3.70. The molecule has 0 bridgehead atoms. The molecule has 32 heavy (non-hydrogen) atoms. The summed E-state index contributed by atoms with van der Waals surface area (Å²) in [7, 11) is -3.84. The molecule has 0 aliphatic carbocycles. The average molecular weight is 480 g/mol. The molecule has 0 unspecified atom stereocenters. The average Bonchev–Trinajstić information content (AvgIpc) is 2.74. The molecule has 0 saturated carbocycles. The molecular weight excluding hydrogens is 454 g/mol. The van der Waals surface area contributed by atoms with E-state index in [0.29, 0.717) is 23.4 Å². The molecule has 0 aliphatic heterocycles. The Labute approximate surface area is 191 Å². The number of rotatable bonds is 10. The summed E-state index contributed by atoms with van der Waals surface area (Å²) >= 11 is 1.51. The van der Waals surface area contributed by atoms with E-state index in [1.54, 1.807) is 25.1 Å². The van der Waals surface area contributed by atoms with Crippen molar-refractivity contribution < 1.29 is 27.5 Å². The van der Waals surface area contributed by atoms with Crippen molar-refractivity contribution in [1.82, 2.24) is 5.32 Å². The lowest BCUT2D eigenvalue weighted by molar-refractivity contribution is -0.149. The van der Waals surface area contributed by atoms with Gasteiger partial charge in [-0.1, -0.05) is 18.2 Å². The van der Waals surface area contributed by atoms with Crippen molar-refractivity contribution in [3.8, 4) is 0 Å². The molecule has 2 aromatic rings. The maximum atomic E-state index is 12.6. The maximum Gasteiger partial charge on any atom is 0.329 e. The number of hydrogen-bond donors (Lipinski definition) is 3. The number of thioether (sulfide) groups is 1. The zero-order valence-corrected chi connectivity index (χ0v) is 19.3. The predicted octanol–water partition coefficient (Wildman–Crippen LogP) is 1.68. The highest BCUT2D eigenvalue weighted by molar-refractivity contribution is 7.98. The number of aryl methyl sites for hydroxylation is 1. The van der Waals surface area contributed by atoms with Crippen LogP contribution in [-0.2, 0) is 24.3 Å². The van der Waals surface area contributed by atoms with Gasteiger partial charge >= 0.3 is 5.97 Å². The van der Waals surface area contributed by atoms with Crippen molar-refractivity contribution in [2.75, 3.05) is 23.9 Å². The Bertz CT molecular complexity index is 1070. The Morgan fingerprint density at radius 1 is 1.09 bits per heavy atom. The first-order valence-corrected chi connectivity index (χ1v) is 12.5. The summed E-state index contributed by atoms with van der Waals surface area (Å²) < 4.78 is 27.6. The molecule has 11 heteroatoms. The zero-order valence-electron chi connectivity index (χ0n) is 17.7.